The Hall–Kier alpha value is -1.88. The van der Waals surface area contributed by atoms with Crippen LogP contribution in [-0.4, -0.2) is 34.8 Å². The molecule has 0 aliphatic carbocycles. The van der Waals surface area contributed by atoms with E-state index in [0.717, 1.165) is 36.9 Å². The second-order valence-electron chi connectivity index (χ2n) is 5.14. The van der Waals surface area contributed by atoms with Gasteiger partial charge in [-0.15, -0.1) is 5.10 Å². The van der Waals surface area contributed by atoms with Crippen LogP contribution in [0.2, 0.25) is 5.02 Å². The lowest BCUT2D eigenvalue weighted by Gasteiger charge is -2.15. The Balaban J connectivity index is 1.56. The van der Waals surface area contributed by atoms with E-state index in [1.54, 1.807) is 6.20 Å². The van der Waals surface area contributed by atoms with Gasteiger partial charge in [-0.25, -0.2) is 0 Å². The Bertz CT molecular complexity index is 598. The lowest BCUT2D eigenvalue weighted by Crippen LogP contribution is -2.20. The van der Waals surface area contributed by atoms with Gasteiger partial charge >= 0.3 is 0 Å². The number of nitrogens with one attached hydrogen (secondary N) is 1. The molecule has 1 aromatic heterocycles. The van der Waals surface area contributed by atoms with E-state index < -0.39 is 0 Å². The topological polar surface area (TPSA) is 53.9 Å². The van der Waals surface area contributed by atoms with E-state index in [2.05, 4.69) is 31.5 Å². The Morgan fingerprint density at radius 2 is 2.10 bits per heavy atom. The lowest BCUT2D eigenvalue weighted by atomic mass is 10.1. The SMILES string of the molecule is Clc1cccc(CCNc2nncc(N3CCCC3)n2)c1. The first-order chi connectivity index (χ1) is 10.3. The first-order valence-electron chi connectivity index (χ1n) is 7.24. The van der Waals surface area contributed by atoms with E-state index in [-0.39, 0.29) is 0 Å². The van der Waals surface area contributed by atoms with Gasteiger partial charge in [0.1, 0.15) is 0 Å². The van der Waals surface area contributed by atoms with Gasteiger partial charge in [0.25, 0.3) is 0 Å². The molecule has 1 aliphatic rings. The summed E-state index contributed by atoms with van der Waals surface area (Å²) in [6.45, 7) is 2.87. The molecule has 5 nitrogen and oxygen atoms in total. The standard InChI is InChI=1S/C15H18ClN5/c16-13-5-3-4-12(10-13)6-7-17-15-19-14(11-18-20-15)21-8-1-2-9-21/h3-5,10-11H,1-2,6-9H2,(H,17,19,20). The summed E-state index contributed by atoms with van der Waals surface area (Å²) in [6, 6.07) is 7.88. The van der Waals surface area contributed by atoms with Gasteiger partial charge < -0.3 is 10.2 Å². The molecule has 3 rings (SSSR count). The predicted molar refractivity (Wildman–Crippen MR) is 84.9 cm³/mol. The zero-order chi connectivity index (χ0) is 14.5. The molecule has 6 heteroatoms. The Morgan fingerprint density at radius 1 is 1.24 bits per heavy atom. The largest absolute Gasteiger partial charge is 0.355 e. The fourth-order valence-corrected chi connectivity index (χ4v) is 2.69. The molecule has 1 N–H and O–H groups in total. The average molecular weight is 304 g/mol. The Morgan fingerprint density at radius 3 is 2.90 bits per heavy atom. The lowest BCUT2D eigenvalue weighted by molar-refractivity contribution is 0.874. The number of hydrogen-bond acceptors (Lipinski definition) is 5. The van der Waals surface area contributed by atoms with Crippen molar-refractivity contribution in [3.63, 3.8) is 0 Å². The maximum Gasteiger partial charge on any atom is 0.244 e. The molecular formula is C15H18ClN5. The molecule has 0 radical (unpaired) electrons. The number of rotatable bonds is 5. The van der Waals surface area contributed by atoms with Crippen LogP contribution in [0.1, 0.15) is 18.4 Å². The minimum Gasteiger partial charge on any atom is -0.355 e. The molecule has 110 valence electrons. The molecule has 1 fully saturated rings. The second-order valence-corrected chi connectivity index (χ2v) is 5.58. The highest BCUT2D eigenvalue weighted by molar-refractivity contribution is 6.30. The summed E-state index contributed by atoms with van der Waals surface area (Å²) in [5.41, 5.74) is 1.19. The monoisotopic (exact) mass is 303 g/mol. The van der Waals surface area contributed by atoms with Gasteiger partial charge in [0.05, 0.1) is 6.20 Å². The molecule has 1 aromatic carbocycles. The highest BCUT2D eigenvalue weighted by atomic mass is 35.5. The minimum absolute atomic E-state index is 0.585. The van der Waals surface area contributed by atoms with E-state index in [1.807, 2.05) is 18.2 Å². The van der Waals surface area contributed by atoms with Gasteiger partial charge in [-0.3, -0.25) is 0 Å². The van der Waals surface area contributed by atoms with Crippen molar-refractivity contribution >= 4 is 23.4 Å². The van der Waals surface area contributed by atoms with E-state index >= 15 is 0 Å². The first-order valence-corrected chi connectivity index (χ1v) is 7.62. The van der Waals surface area contributed by atoms with Gasteiger partial charge in [0.15, 0.2) is 5.82 Å². The van der Waals surface area contributed by atoms with E-state index in [4.69, 9.17) is 11.6 Å². The summed E-state index contributed by atoms with van der Waals surface area (Å²) < 4.78 is 0. The molecule has 1 aliphatic heterocycles. The molecule has 0 amide bonds. The van der Waals surface area contributed by atoms with Gasteiger partial charge in [-0.2, -0.15) is 10.1 Å². The molecule has 2 heterocycles. The number of aromatic nitrogens is 3. The number of benzene rings is 1. The molecule has 0 saturated carbocycles. The summed E-state index contributed by atoms with van der Waals surface area (Å²) in [4.78, 5) is 6.77. The van der Waals surface area contributed by atoms with Gasteiger partial charge in [0.2, 0.25) is 5.95 Å². The van der Waals surface area contributed by atoms with Crippen molar-refractivity contribution in [1.29, 1.82) is 0 Å². The van der Waals surface area contributed by atoms with Crippen LogP contribution in [0.3, 0.4) is 0 Å². The third kappa shape index (κ3) is 3.82. The second kappa shape index (κ2) is 6.72. The van der Waals surface area contributed by atoms with Gasteiger partial charge in [-0.05, 0) is 37.0 Å². The molecule has 0 bridgehead atoms. The van der Waals surface area contributed by atoms with E-state index in [1.165, 1.54) is 18.4 Å². The van der Waals surface area contributed by atoms with Crippen molar-refractivity contribution < 1.29 is 0 Å². The molecule has 0 spiro atoms. The fraction of sp³-hybridized carbons (Fsp3) is 0.400. The van der Waals surface area contributed by atoms with Crippen LogP contribution in [0.5, 0.6) is 0 Å². The van der Waals surface area contributed by atoms with Crippen molar-refractivity contribution in [3.8, 4) is 0 Å². The molecule has 0 atom stereocenters. The van der Waals surface area contributed by atoms with Crippen molar-refractivity contribution in [2.45, 2.75) is 19.3 Å². The highest BCUT2D eigenvalue weighted by Crippen LogP contribution is 2.17. The van der Waals surface area contributed by atoms with Crippen LogP contribution >= 0.6 is 11.6 Å². The summed E-state index contributed by atoms with van der Waals surface area (Å²) in [5.74, 6) is 1.49. The third-order valence-electron chi connectivity index (χ3n) is 3.56. The maximum absolute atomic E-state index is 5.97. The van der Waals surface area contributed by atoms with Crippen LogP contribution in [0.4, 0.5) is 11.8 Å². The maximum atomic E-state index is 5.97. The van der Waals surface area contributed by atoms with Crippen molar-refractivity contribution in [3.05, 3.63) is 41.0 Å². The van der Waals surface area contributed by atoms with Crippen molar-refractivity contribution in [2.75, 3.05) is 29.9 Å². The zero-order valence-corrected chi connectivity index (χ0v) is 12.6. The molecule has 0 unspecified atom stereocenters. The average Bonchev–Trinajstić information content (AvgIpc) is 3.02. The number of anilines is 2. The summed E-state index contributed by atoms with van der Waals surface area (Å²) in [7, 11) is 0. The third-order valence-corrected chi connectivity index (χ3v) is 3.80. The predicted octanol–water partition coefficient (Wildman–Crippen LogP) is 2.78. The smallest absolute Gasteiger partial charge is 0.244 e. The molecule has 1 saturated heterocycles. The minimum atomic E-state index is 0.585. The zero-order valence-electron chi connectivity index (χ0n) is 11.8. The highest BCUT2D eigenvalue weighted by Gasteiger charge is 2.14. The number of hydrogen-bond donors (Lipinski definition) is 1. The van der Waals surface area contributed by atoms with Crippen LogP contribution < -0.4 is 10.2 Å². The summed E-state index contributed by atoms with van der Waals surface area (Å²) >= 11 is 5.97. The number of nitrogens with zero attached hydrogens (tertiary/aromatic N) is 4. The molecular weight excluding hydrogens is 286 g/mol. The van der Waals surface area contributed by atoms with Crippen LogP contribution in [0.15, 0.2) is 30.5 Å². The molecule has 21 heavy (non-hydrogen) atoms. The first kappa shape index (κ1) is 14.1. The van der Waals surface area contributed by atoms with Crippen molar-refractivity contribution in [1.82, 2.24) is 15.2 Å². The number of halogens is 1. The van der Waals surface area contributed by atoms with E-state index in [9.17, 15) is 0 Å². The van der Waals surface area contributed by atoms with Crippen molar-refractivity contribution in [2.24, 2.45) is 0 Å². The van der Waals surface area contributed by atoms with Crippen LogP contribution in [0, 0.1) is 0 Å². The Kier molecular flexibility index (Phi) is 4.50. The van der Waals surface area contributed by atoms with E-state index in [0.29, 0.717) is 5.95 Å². The quantitative estimate of drug-likeness (QED) is 0.920. The summed E-state index contributed by atoms with van der Waals surface area (Å²) in [6.07, 6.45) is 5.05. The van der Waals surface area contributed by atoms with Crippen LogP contribution in [0.25, 0.3) is 0 Å². The van der Waals surface area contributed by atoms with Crippen LogP contribution in [-0.2, 0) is 6.42 Å². The Labute approximate surface area is 129 Å². The normalized spacial score (nSPS) is 14.4. The van der Waals surface area contributed by atoms with Gasteiger partial charge in [0, 0.05) is 24.7 Å². The summed E-state index contributed by atoms with van der Waals surface area (Å²) in [5, 5.41) is 12.1. The molecule has 2 aromatic rings. The fourth-order valence-electron chi connectivity index (χ4n) is 2.48. The van der Waals surface area contributed by atoms with Gasteiger partial charge in [-0.1, -0.05) is 23.7 Å².